The molecule has 0 unspecified atom stereocenters. The van der Waals surface area contributed by atoms with E-state index in [0.717, 1.165) is 43.5 Å². The molecule has 0 radical (unpaired) electrons. The van der Waals surface area contributed by atoms with E-state index in [1.807, 2.05) is 0 Å². The Hall–Kier alpha value is -5.37. The lowest BCUT2D eigenvalue weighted by Crippen LogP contribution is -2.02. The molecule has 0 aliphatic rings. The fourth-order valence-corrected chi connectivity index (χ4v) is 7.91. The van der Waals surface area contributed by atoms with Crippen molar-refractivity contribution in [3.8, 4) is 17.4 Å². The van der Waals surface area contributed by atoms with Gasteiger partial charge in [-0.05, 0) is 36.4 Å². The molecule has 0 bridgehead atoms. The second-order valence-corrected chi connectivity index (χ2v) is 11.5. The molecule has 0 fully saturated rings. The molecule has 0 aliphatic heterocycles. The summed E-state index contributed by atoms with van der Waals surface area (Å²) < 4.78 is 6.88. The quantitative estimate of drug-likeness (QED) is 0.215. The summed E-state index contributed by atoms with van der Waals surface area (Å²) >= 11 is 1.71. The number of rotatable bonds is 2. The minimum absolute atomic E-state index is 0.706. The number of aromatic nitrogens is 2. The van der Waals surface area contributed by atoms with Crippen LogP contribution in [-0.4, -0.2) is 9.13 Å². The van der Waals surface area contributed by atoms with Gasteiger partial charge in [-0.2, -0.15) is 5.26 Å². The molecule has 0 N–H and O–H groups in total. The lowest BCUT2D eigenvalue weighted by molar-refractivity contribution is 1.14. The number of hydrogen-bond acceptors (Lipinski definition) is 2. The van der Waals surface area contributed by atoms with Crippen LogP contribution in [0.15, 0.2) is 127 Å². The van der Waals surface area contributed by atoms with Crippen LogP contribution in [0.5, 0.6) is 0 Å². The molecule has 41 heavy (non-hydrogen) atoms. The Kier molecular flexibility index (Phi) is 4.55. The van der Waals surface area contributed by atoms with Gasteiger partial charge in [0.05, 0.1) is 43.7 Å². The minimum Gasteiger partial charge on any atom is -0.308 e. The predicted octanol–water partition coefficient (Wildman–Crippen LogP) is 10.1. The van der Waals surface area contributed by atoms with Crippen LogP contribution in [0, 0.1) is 11.3 Å². The monoisotopic (exact) mass is 539 g/mol. The summed E-state index contributed by atoms with van der Waals surface area (Å²) in [5.41, 5.74) is 7.20. The zero-order valence-corrected chi connectivity index (χ0v) is 22.7. The fraction of sp³-hybridized carbons (Fsp3) is 0. The van der Waals surface area contributed by atoms with E-state index in [9.17, 15) is 5.26 Å². The van der Waals surface area contributed by atoms with Gasteiger partial charge in [0.15, 0.2) is 0 Å². The Balaban J connectivity index is 1.55. The lowest BCUT2D eigenvalue weighted by Gasteiger charge is -2.16. The van der Waals surface area contributed by atoms with Crippen LogP contribution >= 0.6 is 11.3 Å². The highest BCUT2D eigenvalue weighted by atomic mass is 32.1. The summed E-state index contributed by atoms with van der Waals surface area (Å²) in [5.74, 6) is 0. The van der Waals surface area contributed by atoms with E-state index in [-0.39, 0.29) is 0 Å². The van der Waals surface area contributed by atoms with Crippen molar-refractivity contribution in [3.05, 3.63) is 133 Å². The normalized spacial score (nSPS) is 11.9. The highest BCUT2D eigenvalue weighted by Crippen LogP contribution is 2.45. The van der Waals surface area contributed by atoms with Gasteiger partial charge < -0.3 is 9.13 Å². The smallest absolute Gasteiger partial charge is 0.103 e. The molecule has 0 amide bonds. The second kappa shape index (κ2) is 8.32. The molecular weight excluding hydrogens is 518 g/mol. The van der Waals surface area contributed by atoms with Crippen LogP contribution in [0.3, 0.4) is 0 Å². The van der Waals surface area contributed by atoms with Crippen molar-refractivity contribution in [1.29, 1.82) is 5.26 Å². The first-order valence-corrected chi connectivity index (χ1v) is 14.5. The van der Waals surface area contributed by atoms with E-state index in [0.29, 0.717) is 5.56 Å². The largest absolute Gasteiger partial charge is 0.308 e. The van der Waals surface area contributed by atoms with Crippen molar-refractivity contribution >= 4 is 75.1 Å². The molecule has 0 aliphatic carbocycles. The second-order valence-electron chi connectivity index (χ2n) is 10.4. The van der Waals surface area contributed by atoms with Crippen LogP contribution in [0.1, 0.15) is 5.56 Å². The molecule has 0 saturated heterocycles. The maximum atomic E-state index is 10.8. The van der Waals surface area contributed by atoms with Crippen LogP contribution in [-0.2, 0) is 0 Å². The van der Waals surface area contributed by atoms with Gasteiger partial charge in [-0.15, -0.1) is 11.3 Å². The maximum absolute atomic E-state index is 10.8. The molecule has 3 heterocycles. The third-order valence-electron chi connectivity index (χ3n) is 8.36. The van der Waals surface area contributed by atoms with Crippen molar-refractivity contribution in [3.63, 3.8) is 0 Å². The van der Waals surface area contributed by atoms with E-state index < -0.39 is 0 Å². The standard InChI is InChI=1S/C37H21N3S/c38-22-28-33(39-29-16-6-1-11-23(29)24-12-2-7-17-30(24)39)21-34(36-27-15-5-10-20-35(27)41-37(28)36)40-31-18-8-3-13-25(31)26-14-4-9-19-32(26)40/h1-21H. The Morgan fingerprint density at radius 1 is 0.488 bits per heavy atom. The number of para-hydroxylation sites is 4. The average Bonchev–Trinajstić information content (AvgIpc) is 3.69. The molecule has 0 saturated carbocycles. The minimum atomic E-state index is 0.706. The van der Waals surface area contributed by atoms with Crippen molar-refractivity contribution in [2.24, 2.45) is 0 Å². The van der Waals surface area contributed by atoms with Crippen LogP contribution in [0.25, 0.3) is 75.2 Å². The predicted molar refractivity (Wildman–Crippen MR) is 173 cm³/mol. The van der Waals surface area contributed by atoms with Gasteiger partial charge in [0.25, 0.3) is 0 Å². The summed E-state index contributed by atoms with van der Waals surface area (Å²) in [5, 5.41) is 17.9. The van der Waals surface area contributed by atoms with E-state index in [1.54, 1.807) is 11.3 Å². The summed E-state index contributed by atoms with van der Waals surface area (Å²) in [6, 6.07) is 47.7. The molecular formula is C37H21N3S. The topological polar surface area (TPSA) is 33.6 Å². The Bertz CT molecular complexity index is 2450. The SMILES string of the molecule is N#Cc1c(-n2c3ccccc3c3ccccc32)cc(-n2c3ccccc3c3ccccc32)c2c1sc1ccccc12. The molecule has 0 spiro atoms. The van der Waals surface area contributed by atoms with Crippen molar-refractivity contribution < 1.29 is 0 Å². The van der Waals surface area contributed by atoms with Gasteiger partial charge >= 0.3 is 0 Å². The Morgan fingerprint density at radius 2 is 0.902 bits per heavy atom. The first kappa shape index (κ1) is 22.4. The van der Waals surface area contributed by atoms with Gasteiger partial charge in [-0.1, -0.05) is 91.0 Å². The van der Waals surface area contributed by atoms with E-state index in [2.05, 4.69) is 143 Å². The Morgan fingerprint density at radius 3 is 1.39 bits per heavy atom. The summed E-state index contributed by atoms with van der Waals surface area (Å²) in [6.07, 6.45) is 0. The maximum Gasteiger partial charge on any atom is 0.103 e. The zero-order valence-electron chi connectivity index (χ0n) is 21.9. The Labute approximate surface area is 239 Å². The average molecular weight is 540 g/mol. The lowest BCUT2D eigenvalue weighted by atomic mass is 10.0. The molecule has 3 nitrogen and oxygen atoms in total. The van der Waals surface area contributed by atoms with Gasteiger partial charge in [0, 0.05) is 37.0 Å². The summed E-state index contributed by atoms with van der Waals surface area (Å²) in [4.78, 5) is 0. The molecule has 6 aromatic carbocycles. The van der Waals surface area contributed by atoms with Gasteiger partial charge in [-0.25, -0.2) is 0 Å². The third-order valence-corrected chi connectivity index (χ3v) is 9.55. The highest BCUT2D eigenvalue weighted by Gasteiger charge is 2.24. The third kappa shape index (κ3) is 2.96. The highest BCUT2D eigenvalue weighted by molar-refractivity contribution is 7.26. The number of thiophene rings is 1. The van der Waals surface area contributed by atoms with E-state index in [4.69, 9.17) is 0 Å². The number of nitrogens with zero attached hydrogens (tertiary/aromatic N) is 3. The first-order valence-electron chi connectivity index (χ1n) is 13.7. The van der Waals surface area contributed by atoms with Gasteiger partial charge in [0.1, 0.15) is 6.07 Å². The van der Waals surface area contributed by atoms with Crippen molar-refractivity contribution in [2.45, 2.75) is 0 Å². The molecule has 3 aromatic heterocycles. The number of benzene rings is 6. The molecule has 9 rings (SSSR count). The molecule has 4 heteroatoms. The van der Waals surface area contributed by atoms with Crippen molar-refractivity contribution in [1.82, 2.24) is 9.13 Å². The zero-order chi connectivity index (χ0) is 27.1. The van der Waals surface area contributed by atoms with Crippen LogP contribution < -0.4 is 0 Å². The number of fused-ring (bicyclic) bond motifs is 9. The van der Waals surface area contributed by atoms with E-state index >= 15 is 0 Å². The van der Waals surface area contributed by atoms with E-state index in [1.165, 1.54) is 31.6 Å². The summed E-state index contributed by atoms with van der Waals surface area (Å²) in [6.45, 7) is 0. The van der Waals surface area contributed by atoms with Crippen molar-refractivity contribution in [2.75, 3.05) is 0 Å². The summed E-state index contributed by atoms with van der Waals surface area (Å²) in [7, 11) is 0. The van der Waals surface area contributed by atoms with Gasteiger partial charge in [0.2, 0.25) is 0 Å². The van der Waals surface area contributed by atoms with Crippen LogP contribution in [0.2, 0.25) is 0 Å². The molecule has 190 valence electrons. The number of nitriles is 1. The van der Waals surface area contributed by atoms with Gasteiger partial charge in [-0.3, -0.25) is 0 Å². The first-order chi connectivity index (χ1) is 20.3. The molecule has 9 aromatic rings. The number of hydrogen-bond donors (Lipinski definition) is 0. The van der Waals surface area contributed by atoms with Crippen LogP contribution in [0.4, 0.5) is 0 Å². The molecule has 0 atom stereocenters. The fourth-order valence-electron chi connectivity index (χ4n) is 6.69.